The summed E-state index contributed by atoms with van der Waals surface area (Å²) in [5, 5.41) is 26.0. The number of phenols is 1. The summed E-state index contributed by atoms with van der Waals surface area (Å²) in [6.07, 6.45) is 7.52. The molecule has 0 aliphatic rings. The number of carbonyl (C=O) groups is 2. The number of aliphatic carboxylic acids is 1. The van der Waals surface area contributed by atoms with Crippen LogP contribution in [-0.4, -0.2) is 27.3 Å². The molecule has 0 unspecified atom stereocenters. The maximum absolute atomic E-state index is 10.7. The minimum Gasteiger partial charge on any atom is -0.508 e. The summed E-state index contributed by atoms with van der Waals surface area (Å²) in [6, 6.07) is 4.33. The second-order valence-electron chi connectivity index (χ2n) is 4.12. The third-order valence-electron chi connectivity index (χ3n) is 2.38. The van der Waals surface area contributed by atoms with Crippen LogP contribution in [0, 0.1) is 0 Å². The SMILES string of the molecule is CC=CC=CC(=O)O.CCCc1cc(O)ccc1C(=O)O. The van der Waals surface area contributed by atoms with Gasteiger partial charge in [0.2, 0.25) is 0 Å². The van der Waals surface area contributed by atoms with Gasteiger partial charge in [0.05, 0.1) is 5.56 Å². The molecule has 0 aliphatic carbocycles. The first kappa shape index (κ1) is 18.4. The van der Waals surface area contributed by atoms with Crippen molar-refractivity contribution in [3.05, 3.63) is 53.6 Å². The first-order valence-corrected chi connectivity index (χ1v) is 6.49. The highest BCUT2D eigenvalue weighted by Gasteiger charge is 2.09. The van der Waals surface area contributed by atoms with Crippen LogP contribution in [0.15, 0.2) is 42.5 Å². The summed E-state index contributed by atoms with van der Waals surface area (Å²) >= 11 is 0. The van der Waals surface area contributed by atoms with E-state index in [-0.39, 0.29) is 11.3 Å². The lowest BCUT2D eigenvalue weighted by Crippen LogP contribution is -2.01. The fraction of sp³-hybridized carbons (Fsp3) is 0.250. The predicted molar refractivity (Wildman–Crippen MR) is 80.7 cm³/mol. The molecule has 21 heavy (non-hydrogen) atoms. The standard InChI is InChI=1S/C10H12O3.C6H8O2/c1-2-3-7-6-8(11)4-5-9(7)10(12)13;1-2-3-4-5-6(7)8/h4-6,11H,2-3H2,1H3,(H,12,13);2-5H,1H3,(H,7,8). The molecule has 3 N–H and O–H groups in total. The van der Waals surface area contributed by atoms with E-state index >= 15 is 0 Å². The molecule has 0 aliphatic heterocycles. The Hall–Kier alpha value is -2.56. The number of rotatable bonds is 5. The van der Waals surface area contributed by atoms with E-state index in [1.54, 1.807) is 12.2 Å². The molecule has 1 aromatic rings. The van der Waals surface area contributed by atoms with Crippen LogP contribution in [-0.2, 0) is 11.2 Å². The van der Waals surface area contributed by atoms with Crippen molar-refractivity contribution in [2.75, 3.05) is 0 Å². The summed E-state index contributed by atoms with van der Waals surface area (Å²) in [7, 11) is 0. The highest BCUT2D eigenvalue weighted by atomic mass is 16.4. The molecular formula is C16H20O5. The van der Waals surface area contributed by atoms with E-state index in [0.717, 1.165) is 12.5 Å². The Morgan fingerprint density at radius 2 is 1.86 bits per heavy atom. The van der Waals surface area contributed by atoms with Crippen molar-refractivity contribution in [2.24, 2.45) is 0 Å². The van der Waals surface area contributed by atoms with Gasteiger partial charge in [-0.2, -0.15) is 0 Å². The van der Waals surface area contributed by atoms with Crippen molar-refractivity contribution in [3.63, 3.8) is 0 Å². The highest BCUT2D eigenvalue weighted by Crippen LogP contribution is 2.18. The minimum absolute atomic E-state index is 0.119. The molecule has 0 spiro atoms. The van der Waals surface area contributed by atoms with Gasteiger partial charge in [-0.05, 0) is 37.1 Å². The van der Waals surface area contributed by atoms with E-state index in [4.69, 9.17) is 15.3 Å². The van der Waals surface area contributed by atoms with Crippen molar-refractivity contribution in [3.8, 4) is 5.75 Å². The molecule has 0 saturated heterocycles. The van der Waals surface area contributed by atoms with Gasteiger partial charge in [0.25, 0.3) is 0 Å². The number of carboxylic acid groups (broad SMARTS) is 2. The second kappa shape index (κ2) is 10.3. The van der Waals surface area contributed by atoms with Gasteiger partial charge in [0.15, 0.2) is 0 Å². The normalized spacial score (nSPS) is 10.4. The molecule has 0 amide bonds. The van der Waals surface area contributed by atoms with Gasteiger partial charge < -0.3 is 15.3 Å². The Labute approximate surface area is 123 Å². The third-order valence-corrected chi connectivity index (χ3v) is 2.38. The zero-order valence-electron chi connectivity index (χ0n) is 12.1. The molecule has 0 bridgehead atoms. The molecule has 0 atom stereocenters. The van der Waals surface area contributed by atoms with Gasteiger partial charge in [-0.15, -0.1) is 0 Å². The quantitative estimate of drug-likeness (QED) is 0.572. The highest BCUT2D eigenvalue weighted by molar-refractivity contribution is 5.89. The lowest BCUT2D eigenvalue weighted by molar-refractivity contribution is -0.131. The molecule has 0 radical (unpaired) electrons. The fourth-order valence-corrected chi connectivity index (χ4v) is 1.51. The number of hydrogen-bond acceptors (Lipinski definition) is 3. The zero-order chi connectivity index (χ0) is 16.3. The van der Waals surface area contributed by atoms with Crippen LogP contribution in [0.25, 0.3) is 0 Å². The summed E-state index contributed by atoms with van der Waals surface area (Å²) in [6.45, 7) is 3.79. The topological polar surface area (TPSA) is 94.8 Å². The average molecular weight is 292 g/mol. The van der Waals surface area contributed by atoms with Crippen LogP contribution in [0.3, 0.4) is 0 Å². The van der Waals surface area contributed by atoms with Crippen LogP contribution >= 0.6 is 0 Å². The number of phenolic OH excluding ortho intramolecular Hbond substituents is 1. The number of aromatic hydroxyl groups is 1. The molecule has 114 valence electrons. The Balaban J connectivity index is 0.000000433. The summed E-state index contributed by atoms with van der Waals surface area (Å²) in [4.78, 5) is 20.5. The van der Waals surface area contributed by atoms with Gasteiger partial charge in [-0.1, -0.05) is 31.6 Å². The Morgan fingerprint density at radius 3 is 2.33 bits per heavy atom. The summed E-state index contributed by atoms with van der Waals surface area (Å²) < 4.78 is 0. The molecule has 5 nitrogen and oxygen atoms in total. The average Bonchev–Trinajstić information content (AvgIpc) is 2.39. The van der Waals surface area contributed by atoms with Crippen molar-refractivity contribution < 1.29 is 24.9 Å². The van der Waals surface area contributed by atoms with Crippen molar-refractivity contribution in [2.45, 2.75) is 26.7 Å². The van der Waals surface area contributed by atoms with Gasteiger partial charge in [-0.3, -0.25) is 0 Å². The number of hydrogen-bond donors (Lipinski definition) is 3. The fourth-order valence-electron chi connectivity index (χ4n) is 1.51. The Kier molecular flexibility index (Phi) is 9.00. The molecule has 5 heteroatoms. The molecule has 0 fully saturated rings. The number of allylic oxidation sites excluding steroid dienone is 3. The van der Waals surface area contributed by atoms with E-state index < -0.39 is 11.9 Å². The largest absolute Gasteiger partial charge is 0.508 e. The first-order chi connectivity index (χ1) is 9.92. The second-order valence-corrected chi connectivity index (χ2v) is 4.12. The number of aromatic carboxylic acids is 1. The van der Waals surface area contributed by atoms with Crippen molar-refractivity contribution >= 4 is 11.9 Å². The lowest BCUT2D eigenvalue weighted by Gasteiger charge is -2.04. The van der Waals surface area contributed by atoms with Gasteiger partial charge in [-0.25, -0.2) is 9.59 Å². The van der Waals surface area contributed by atoms with Crippen molar-refractivity contribution in [1.29, 1.82) is 0 Å². The van der Waals surface area contributed by atoms with Crippen molar-refractivity contribution in [1.82, 2.24) is 0 Å². The number of benzene rings is 1. The Bertz CT molecular complexity index is 529. The van der Waals surface area contributed by atoms with E-state index in [2.05, 4.69) is 0 Å². The van der Waals surface area contributed by atoms with Crippen LogP contribution in [0.5, 0.6) is 5.75 Å². The molecule has 0 saturated carbocycles. The minimum atomic E-state index is -0.941. The smallest absolute Gasteiger partial charge is 0.335 e. The predicted octanol–water partition coefficient (Wildman–Crippen LogP) is 3.25. The third kappa shape index (κ3) is 8.26. The zero-order valence-corrected chi connectivity index (χ0v) is 12.1. The van der Waals surface area contributed by atoms with Gasteiger partial charge in [0.1, 0.15) is 5.75 Å². The van der Waals surface area contributed by atoms with Crippen LogP contribution in [0.4, 0.5) is 0 Å². The first-order valence-electron chi connectivity index (χ1n) is 6.49. The maximum atomic E-state index is 10.7. The van der Waals surface area contributed by atoms with E-state index in [1.165, 1.54) is 24.3 Å². The lowest BCUT2D eigenvalue weighted by atomic mass is 10.0. The molecule has 1 aromatic carbocycles. The van der Waals surface area contributed by atoms with E-state index in [0.29, 0.717) is 12.0 Å². The van der Waals surface area contributed by atoms with Crippen LogP contribution in [0.2, 0.25) is 0 Å². The summed E-state index contributed by atoms with van der Waals surface area (Å²) in [5.41, 5.74) is 0.967. The maximum Gasteiger partial charge on any atom is 0.335 e. The van der Waals surface area contributed by atoms with E-state index in [1.807, 2.05) is 13.8 Å². The number of aryl methyl sites for hydroxylation is 1. The van der Waals surface area contributed by atoms with Crippen LogP contribution < -0.4 is 0 Å². The van der Waals surface area contributed by atoms with Gasteiger partial charge >= 0.3 is 11.9 Å². The Morgan fingerprint density at radius 1 is 1.19 bits per heavy atom. The van der Waals surface area contributed by atoms with E-state index in [9.17, 15) is 9.59 Å². The monoisotopic (exact) mass is 292 g/mol. The van der Waals surface area contributed by atoms with Crippen LogP contribution in [0.1, 0.15) is 36.2 Å². The summed E-state index contributed by atoms with van der Waals surface area (Å²) in [5.74, 6) is -1.74. The molecule has 0 heterocycles. The molecule has 0 aromatic heterocycles. The molecular weight excluding hydrogens is 272 g/mol. The molecule has 1 rings (SSSR count). The van der Waals surface area contributed by atoms with Gasteiger partial charge in [0, 0.05) is 6.08 Å². The number of carboxylic acids is 2.